The third kappa shape index (κ3) is 4.45. The van der Waals surface area contributed by atoms with Crippen LogP contribution in [-0.4, -0.2) is 0 Å². The molecule has 0 unspecified atom stereocenters. The predicted molar refractivity (Wildman–Crippen MR) is 127 cm³/mol. The molecular formula is C28H41N. The first-order valence-corrected chi connectivity index (χ1v) is 12.1. The fraction of sp³-hybridized carbons (Fsp3) is 0.571. The molecule has 0 radical (unpaired) electrons. The molecule has 2 atom stereocenters. The Balaban J connectivity index is 1.98. The number of nitrogens with one attached hydrogen (secondary N) is 1. The van der Waals surface area contributed by atoms with Gasteiger partial charge in [0.2, 0.25) is 0 Å². The molecule has 3 rings (SSSR count). The third-order valence-corrected chi connectivity index (χ3v) is 7.01. The summed E-state index contributed by atoms with van der Waals surface area (Å²) < 4.78 is 0. The van der Waals surface area contributed by atoms with Gasteiger partial charge in [-0.25, -0.2) is 0 Å². The standard InChI is InChI=1S/C28H41N/c1-7-19-15-21(9-3)27(22(10-4)16-19)25-13-14-26(29-25)28-23(11-5)17-20(8-2)18-24(28)12-6/h15-18,25-26,29H,7-14H2,1-6H3/t25-,26-/m0/s1. The largest absolute Gasteiger partial charge is 0.303 e. The van der Waals surface area contributed by atoms with E-state index in [4.69, 9.17) is 0 Å². The van der Waals surface area contributed by atoms with E-state index in [9.17, 15) is 0 Å². The van der Waals surface area contributed by atoms with Gasteiger partial charge >= 0.3 is 0 Å². The molecule has 0 saturated carbocycles. The quantitative estimate of drug-likeness (QED) is 0.500. The van der Waals surface area contributed by atoms with Gasteiger partial charge in [0.25, 0.3) is 0 Å². The molecule has 1 saturated heterocycles. The van der Waals surface area contributed by atoms with Crippen LogP contribution in [0, 0.1) is 0 Å². The lowest BCUT2D eigenvalue weighted by molar-refractivity contribution is 0.561. The van der Waals surface area contributed by atoms with Gasteiger partial charge in [0.15, 0.2) is 0 Å². The lowest BCUT2D eigenvalue weighted by atomic mass is 9.88. The Kier molecular flexibility index (Phi) is 7.57. The summed E-state index contributed by atoms with van der Waals surface area (Å²) in [5.74, 6) is 0. The van der Waals surface area contributed by atoms with Crippen molar-refractivity contribution in [3.8, 4) is 0 Å². The Labute approximate surface area is 179 Å². The molecular weight excluding hydrogens is 350 g/mol. The highest BCUT2D eigenvalue weighted by molar-refractivity contribution is 5.45. The summed E-state index contributed by atoms with van der Waals surface area (Å²) in [7, 11) is 0. The van der Waals surface area contributed by atoms with E-state index in [0.717, 1.165) is 38.5 Å². The van der Waals surface area contributed by atoms with Gasteiger partial charge in [-0.2, -0.15) is 0 Å². The zero-order chi connectivity index (χ0) is 21.0. The maximum absolute atomic E-state index is 4.10. The second-order valence-electron chi connectivity index (χ2n) is 8.63. The molecule has 0 bridgehead atoms. The molecule has 0 aromatic heterocycles. The molecule has 1 aliphatic heterocycles. The number of hydrogen-bond donors (Lipinski definition) is 1. The molecule has 1 aliphatic rings. The van der Waals surface area contributed by atoms with Gasteiger partial charge in [-0.1, -0.05) is 65.8 Å². The normalized spacial score (nSPS) is 19.1. The van der Waals surface area contributed by atoms with Crippen LogP contribution in [-0.2, 0) is 38.5 Å². The first kappa shape index (κ1) is 22.1. The average molecular weight is 392 g/mol. The van der Waals surface area contributed by atoms with Gasteiger partial charge in [0.05, 0.1) is 0 Å². The van der Waals surface area contributed by atoms with Gasteiger partial charge in [-0.05, 0) is 95.9 Å². The smallest absolute Gasteiger partial charge is 0.0331 e. The van der Waals surface area contributed by atoms with Gasteiger partial charge in [0.1, 0.15) is 0 Å². The Bertz CT molecular complexity index is 713. The fourth-order valence-electron chi connectivity index (χ4n) is 5.37. The number of rotatable bonds is 8. The van der Waals surface area contributed by atoms with Crippen LogP contribution in [0.1, 0.15) is 111 Å². The first-order valence-electron chi connectivity index (χ1n) is 12.1. The Morgan fingerprint density at radius 1 is 0.552 bits per heavy atom. The average Bonchev–Trinajstić information content (AvgIpc) is 3.25. The van der Waals surface area contributed by atoms with Crippen LogP contribution in [0.3, 0.4) is 0 Å². The molecule has 1 fully saturated rings. The lowest BCUT2D eigenvalue weighted by Crippen LogP contribution is -2.22. The van der Waals surface area contributed by atoms with Crippen molar-refractivity contribution >= 4 is 0 Å². The zero-order valence-corrected chi connectivity index (χ0v) is 19.6. The first-order chi connectivity index (χ1) is 14.1. The molecule has 0 spiro atoms. The highest BCUT2D eigenvalue weighted by atomic mass is 15.0. The van der Waals surface area contributed by atoms with Gasteiger partial charge in [-0.15, -0.1) is 0 Å². The summed E-state index contributed by atoms with van der Waals surface area (Å²) in [4.78, 5) is 0. The maximum Gasteiger partial charge on any atom is 0.0331 e. The number of hydrogen-bond acceptors (Lipinski definition) is 1. The minimum Gasteiger partial charge on any atom is -0.303 e. The predicted octanol–water partition coefficient (Wildman–Crippen LogP) is 7.23. The van der Waals surface area contributed by atoms with Crippen LogP contribution in [0.2, 0.25) is 0 Å². The van der Waals surface area contributed by atoms with Gasteiger partial charge < -0.3 is 5.32 Å². The van der Waals surface area contributed by atoms with Crippen LogP contribution in [0.25, 0.3) is 0 Å². The Morgan fingerprint density at radius 3 is 1.10 bits per heavy atom. The maximum atomic E-state index is 4.10. The van der Waals surface area contributed by atoms with E-state index in [2.05, 4.69) is 71.1 Å². The van der Waals surface area contributed by atoms with E-state index in [1.165, 1.54) is 24.0 Å². The van der Waals surface area contributed by atoms with Crippen LogP contribution in [0.5, 0.6) is 0 Å². The molecule has 1 N–H and O–H groups in total. The van der Waals surface area contributed by atoms with Crippen molar-refractivity contribution in [2.24, 2.45) is 0 Å². The highest BCUT2D eigenvalue weighted by Gasteiger charge is 2.31. The van der Waals surface area contributed by atoms with Crippen molar-refractivity contribution in [1.29, 1.82) is 0 Å². The molecule has 158 valence electrons. The SMILES string of the molecule is CCc1cc(CC)c([C@@H]2CC[C@@H](c3c(CC)cc(CC)cc3CC)N2)c(CC)c1. The van der Waals surface area contributed by atoms with E-state index < -0.39 is 0 Å². The van der Waals surface area contributed by atoms with E-state index in [1.807, 2.05) is 0 Å². The summed E-state index contributed by atoms with van der Waals surface area (Å²) >= 11 is 0. The van der Waals surface area contributed by atoms with E-state index in [0.29, 0.717) is 12.1 Å². The highest BCUT2D eigenvalue weighted by Crippen LogP contribution is 2.40. The Hall–Kier alpha value is -1.60. The summed E-state index contributed by atoms with van der Waals surface area (Å²) in [6.07, 6.45) is 9.27. The van der Waals surface area contributed by atoms with Crippen molar-refractivity contribution in [2.75, 3.05) is 0 Å². The van der Waals surface area contributed by atoms with Crippen molar-refractivity contribution in [3.63, 3.8) is 0 Å². The summed E-state index contributed by atoms with van der Waals surface area (Å²) in [5.41, 5.74) is 12.5. The number of aryl methyl sites for hydroxylation is 6. The summed E-state index contributed by atoms with van der Waals surface area (Å²) in [5, 5.41) is 4.10. The van der Waals surface area contributed by atoms with E-state index in [-0.39, 0.29) is 0 Å². The minimum absolute atomic E-state index is 0.496. The molecule has 0 aliphatic carbocycles. The van der Waals surface area contributed by atoms with Crippen molar-refractivity contribution in [2.45, 2.75) is 105 Å². The van der Waals surface area contributed by atoms with Gasteiger partial charge in [0, 0.05) is 12.1 Å². The van der Waals surface area contributed by atoms with Crippen LogP contribution in [0.4, 0.5) is 0 Å². The third-order valence-electron chi connectivity index (χ3n) is 7.01. The summed E-state index contributed by atoms with van der Waals surface area (Å²) in [6.45, 7) is 13.8. The zero-order valence-electron chi connectivity index (χ0n) is 19.6. The molecule has 0 amide bonds. The fourth-order valence-corrected chi connectivity index (χ4v) is 5.37. The molecule has 2 aromatic carbocycles. The van der Waals surface area contributed by atoms with Crippen molar-refractivity contribution in [1.82, 2.24) is 5.32 Å². The summed E-state index contributed by atoms with van der Waals surface area (Å²) in [6, 6.07) is 10.9. The van der Waals surface area contributed by atoms with Crippen LogP contribution >= 0.6 is 0 Å². The van der Waals surface area contributed by atoms with Crippen LogP contribution in [0.15, 0.2) is 24.3 Å². The van der Waals surface area contributed by atoms with Crippen molar-refractivity contribution in [3.05, 3.63) is 68.8 Å². The van der Waals surface area contributed by atoms with E-state index in [1.54, 1.807) is 33.4 Å². The monoisotopic (exact) mass is 391 g/mol. The topological polar surface area (TPSA) is 12.0 Å². The van der Waals surface area contributed by atoms with Crippen LogP contribution < -0.4 is 5.32 Å². The molecule has 29 heavy (non-hydrogen) atoms. The molecule has 1 heteroatoms. The second kappa shape index (κ2) is 9.94. The Morgan fingerprint density at radius 2 is 0.862 bits per heavy atom. The molecule has 1 heterocycles. The van der Waals surface area contributed by atoms with Crippen molar-refractivity contribution < 1.29 is 0 Å². The lowest BCUT2D eigenvalue weighted by Gasteiger charge is -2.25. The molecule has 2 aromatic rings. The van der Waals surface area contributed by atoms with Gasteiger partial charge in [-0.3, -0.25) is 0 Å². The molecule has 1 nitrogen and oxygen atoms in total. The second-order valence-corrected chi connectivity index (χ2v) is 8.63. The van der Waals surface area contributed by atoms with E-state index >= 15 is 0 Å². The number of benzene rings is 2. The minimum atomic E-state index is 0.496.